The van der Waals surface area contributed by atoms with E-state index in [1.807, 2.05) is 0 Å². The Labute approximate surface area is 244 Å². The number of hydrogen-bond acceptors (Lipinski definition) is 7. The van der Waals surface area contributed by atoms with Gasteiger partial charge in [-0.05, 0) is 31.1 Å². The SMILES string of the molecule is CCCCCCCCCCCC(CCCCCCCC)C(C)(CC(CC)C(C(=O)O)C(C)C(O)(O)O)C(O)(O)O. The first-order chi connectivity index (χ1) is 18.7. The summed E-state index contributed by atoms with van der Waals surface area (Å²) in [6, 6.07) is 0. The third-order valence-corrected chi connectivity index (χ3v) is 9.38. The summed E-state index contributed by atoms with van der Waals surface area (Å²) in [7, 11) is 0. The number of carboxylic acid groups (broad SMARTS) is 1. The van der Waals surface area contributed by atoms with E-state index >= 15 is 0 Å². The van der Waals surface area contributed by atoms with E-state index in [0.29, 0.717) is 12.8 Å². The molecule has 0 bridgehead atoms. The molecule has 0 saturated heterocycles. The third kappa shape index (κ3) is 14.4. The van der Waals surface area contributed by atoms with Gasteiger partial charge in [0, 0.05) is 0 Å². The van der Waals surface area contributed by atoms with Crippen molar-refractivity contribution in [1.82, 2.24) is 0 Å². The number of hydrogen-bond donors (Lipinski definition) is 7. The molecule has 0 aromatic carbocycles. The van der Waals surface area contributed by atoms with Crippen LogP contribution in [0.1, 0.15) is 157 Å². The highest BCUT2D eigenvalue weighted by Gasteiger charge is 2.53. The number of aliphatic carboxylic acids is 1. The molecule has 0 fully saturated rings. The largest absolute Gasteiger partial charge is 0.481 e. The number of rotatable bonds is 26. The molecule has 8 nitrogen and oxygen atoms in total. The van der Waals surface area contributed by atoms with Crippen LogP contribution in [0, 0.1) is 29.1 Å². The molecule has 0 radical (unpaired) electrons. The van der Waals surface area contributed by atoms with Gasteiger partial charge in [-0.15, -0.1) is 0 Å². The molecule has 0 rings (SSSR count). The molecule has 0 aromatic heterocycles. The van der Waals surface area contributed by atoms with Crippen LogP contribution >= 0.6 is 0 Å². The Hall–Kier alpha value is -0.770. The number of unbranched alkanes of at least 4 members (excludes halogenated alkanes) is 13. The number of carbonyl (C=O) groups is 1. The summed E-state index contributed by atoms with van der Waals surface area (Å²) in [4.78, 5) is 12.2. The highest BCUT2D eigenvalue weighted by Crippen LogP contribution is 2.49. The van der Waals surface area contributed by atoms with Gasteiger partial charge < -0.3 is 35.7 Å². The molecule has 0 aliphatic carbocycles. The molecular weight excluding hydrogens is 512 g/mol. The molecule has 0 spiro atoms. The Morgan fingerprint density at radius 3 is 1.32 bits per heavy atom. The maximum atomic E-state index is 12.2. The molecule has 5 atom stereocenters. The van der Waals surface area contributed by atoms with Gasteiger partial charge in [-0.3, -0.25) is 4.79 Å². The first kappa shape index (κ1) is 39.2. The fourth-order valence-electron chi connectivity index (χ4n) is 6.37. The van der Waals surface area contributed by atoms with E-state index in [0.717, 1.165) is 51.4 Å². The lowest BCUT2D eigenvalue weighted by Crippen LogP contribution is -2.54. The second kappa shape index (κ2) is 20.2. The standard InChI is InChI=1S/C32H64O8/c1-6-9-11-13-15-16-17-19-21-23-27(22-20-18-14-12-10-7-2)30(5,32(38,39)40)24-26(8-3)28(29(33)34)25(4)31(35,36)37/h25-28,35-40H,6-24H2,1-5H3,(H,33,34). The molecular formula is C32H64O8. The Morgan fingerprint density at radius 2 is 1.02 bits per heavy atom. The number of carboxylic acids is 1. The minimum absolute atomic E-state index is 0.0533. The summed E-state index contributed by atoms with van der Waals surface area (Å²) in [6.07, 6.45) is 18.5. The van der Waals surface area contributed by atoms with Gasteiger partial charge in [-0.2, -0.15) is 0 Å². The first-order valence-corrected chi connectivity index (χ1v) is 16.2. The molecule has 0 aliphatic heterocycles. The molecule has 0 aliphatic rings. The van der Waals surface area contributed by atoms with Crippen molar-refractivity contribution in [3.63, 3.8) is 0 Å². The highest BCUT2D eigenvalue weighted by molar-refractivity contribution is 5.70. The smallest absolute Gasteiger partial charge is 0.307 e. The van der Waals surface area contributed by atoms with Gasteiger partial charge in [-0.25, -0.2) is 0 Å². The minimum atomic E-state index is -3.20. The average Bonchev–Trinajstić information content (AvgIpc) is 2.86. The molecule has 0 aromatic rings. The van der Waals surface area contributed by atoms with Crippen molar-refractivity contribution < 1.29 is 40.5 Å². The van der Waals surface area contributed by atoms with Crippen LogP contribution in [0.25, 0.3) is 0 Å². The van der Waals surface area contributed by atoms with Crippen LogP contribution in [-0.4, -0.2) is 53.7 Å². The lowest BCUT2D eigenvalue weighted by atomic mass is 9.62. The predicted molar refractivity (Wildman–Crippen MR) is 159 cm³/mol. The zero-order chi connectivity index (χ0) is 30.8. The molecule has 0 heterocycles. The molecule has 5 unspecified atom stereocenters. The Morgan fingerprint density at radius 1 is 0.650 bits per heavy atom. The van der Waals surface area contributed by atoms with E-state index in [1.165, 1.54) is 51.9 Å². The second-order valence-electron chi connectivity index (χ2n) is 12.6. The minimum Gasteiger partial charge on any atom is -0.481 e. The van der Waals surface area contributed by atoms with E-state index in [1.54, 1.807) is 13.8 Å². The van der Waals surface area contributed by atoms with Gasteiger partial charge in [0.2, 0.25) is 0 Å². The summed E-state index contributed by atoms with van der Waals surface area (Å²) in [5.41, 5.74) is -1.45. The van der Waals surface area contributed by atoms with Gasteiger partial charge in [0.1, 0.15) is 0 Å². The van der Waals surface area contributed by atoms with Crippen LogP contribution in [-0.2, 0) is 4.79 Å². The van der Waals surface area contributed by atoms with E-state index in [-0.39, 0.29) is 18.8 Å². The summed E-state index contributed by atoms with van der Waals surface area (Å²) < 4.78 is 0. The van der Waals surface area contributed by atoms with E-state index in [2.05, 4.69) is 13.8 Å². The van der Waals surface area contributed by atoms with Crippen molar-refractivity contribution in [1.29, 1.82) is 0 Å². The zero-order valence-corrected chi connectivity index (χ0v) is 26.3. The third-order valence-electron chi connectivity index (χ3n) is 9.38. The summed E-state index contributed by atoms with van der Waals surface area (Å²) >= 11 is 0. The van der Waals surface area contributed by atoms with Crippen LogP contribution < -0.4 is 0 Å². The van der Waals surface area contributed by atoms with Crippen molar-refractivity contribution in [3.8, 4) is 0 Å². The maximum Gasteiger partial charge on any atom is 0.307 e. The quantitative estimate of drug-likeness (QED) is 0.0467. The van der Waals surface area contributed by atoms with E-state index in [4.69, 9.17) is 0 Å². The zero-order valence-electron chi connectivity index (χ0n) is 26.3. The molecule has 40 heavy (non-hydrogen) atoms. The summed E-state index contributed by atoms with van der Waals surface area (Å²) in [5.74, 6) is -11.4. The van der Waals surface area contributed by atoms with Crippen molar-refractivity contribution in [3.05, 3.63) is 0 Å². The fourth-order valence-corrected chi connectivity index (χ4v) is 6.37. The average molecular weight is 577 g/mol. The van der Waals surface area contributed by atoms with Gasteiger partial charge in [0.05, 0.1) is 17.3 Å². The predicted octanol–water partition coefficient (Wildman–Crippen LogP) is 6.30. The van der Waals surface area contributed by atoms with Crippen molar-refractivity contribution in [2.24, 2.45) is 29.1 Å². The second-order valence-corrected chi connectivity index (χ2v) is 12.6. The van der Waals surface area contributed by atoms with Gasteiger partial charge in [0.25, 0.3) is 11.9 Å². The van der Waals surface area contributed by atoms with Crippen LogP contribution in [0.4, 0.5) is 0 Å². The van der Waals surface area contributed by atoms with Gasteiger partial charge in [-0.1, -0.05) is 137 Å². The lowest BCUT2D eigenvalue weighted by Gasteiger charge is -2.47. The lowest BCUT2D eigenvalue weighted by molar-refractivity contribution is -0.387. The van der Waals surface area contributed by atoms with Crippen LogP contribution in [0.5, 0.6) is 0 Å². The van der Waals surface area contributed by atoms with E-state index < -0.39 is 41.1 Å². The Balaban J connectivity index is 5.73. The Bertz CT molecular complexity index is 642. The first-order valence-electron chi connectivity index (χ1n) is 16.2. The maximum absolute atomic E-state index is 12.2. The molecule has 8 heteroatoms. The van der Waals surface area contributed by atoms with Gasteiger partial charge in [0.15, 0.2) is 0 Å². The molecule has 7 N–H and O–H groups in total. The molecule has 0 saturated carbocycles. The topological polar surface area (TPSA) is 159 Å². The monoisotopic (exact) mass is 576 g/mol. The summed E-state index contributed by atoms with van der Waals surface area (Å²) in [5, 5.41) is 71.4. The normalized spacial score (nSPS) is 17.3. The van der Waals surface area contributed by atoms with Crippen LogP contribution in [0.2, 0.25) is 0 Å². The van der Waals surface area contributed by atoms with Crippen molar-refractivity contribution in [2.45, 2.75) is 169 Å². The molecule has 0 amide bonds. The van der Waals surface area contributed by atoms with Crippen molar-refractivity contribution in [2.75, 3.05) is 0 Å². The van der Waals surface area contributed by atoms with Gasteiger partial charge >= 0.3 is 5.97 Å². The highest BCUT2D eigenvalue weighted by atomic mass is 16.7. The van der Waals surface area contributed by atoms with E-state index in [9.17, 15) is 40.5 Å². The summed E-state index contributed by atoms with van der Waals surface area (Å²) in [6.45, 7) is 8.98. The fraction of sp³-hybridized carbons (Fsp3) is 0.969. The molecule has 240 valence electrons. The number of aliphatic hydroxyl groups is 6. The van der Waals surface area contributed by atoms with Crippen molar-refractivity contribution >= 4 is 5.97 Å². The Kier molecular flexibility index (Phi) is 19.8. The van der Waals surface area contributed by atoms with Crippen LogP contribution in [0.3, 0.4) is 0 Å². The van der Waals surface area contributed by atoms with Crippen LogP contribution in [0.15, 0.2) is 0 Å².